The van der Waals surface area contributed by atoms with Gasteiger partial charge in [0.1, 0.15) is 5.75 Å². The van der Waals surface area contributed by atoms with Crippen LogP contribution in [0.4, 0.5) is 5.69 Å². The highest BCUT2D eigenvalue weighted by molar-refractivity contribution is 5.99. The Balaban J connectivity index is 2.93. The second kappa shape index (κ2) is 7.14. The number of nitrogens with zero attached hydrogens (tertiary/aromatic N) is 2. The maximum Gasteiger partial charge on any atom is 0.256 e. The molecule has 1 aromatic rings. The topological polar surface area (TPSA) is 69.8 Å². The monoisotopic (exact) mass is 279 g/mol. The number of phenols is 1. The molecule has 0 atom stereocenters. The Morgan fingerprint density at radius 2 is 1.95 bits per heavy atom. The Morgan fingerprint density at radius 3 is 2.50 bits per heavy atom. The molecule has 0 aliphatic heterocycles. The van der Waals surface area contributed by atoms with Gasteiger partial charge in [-0.05, 0) is 38.2 Å². The van der Waals surface area contributed by atoms with Gasteiger partial charge in [0.25, 0.3) is 5.91 Å². The van der Waals surface area contributed by atoms with Gasteiger partial charge in [-0.15, -0.1) is 0 Å². The van der Waals surface area contributed by atoms with E-state index in [1.165, 1.54) is 12.1 Å². The predicted molar refractivity (Wildman–Crippen MR) is 81.8 cm³/mol. The summed E-state index contributed by atoms with van der Waals surface area (Å²) in [6.45, 7) is 6.24. The van der Waals surface area contributed by atoms with E-state index >= 15 is 0 Å². The second-order valence-electron chi connectivity index (χ2n) is 5.72. The summed E-state index contributed by atoms with van der Waals surface area (Å²) in [5, 5.41) is 9.53. The first-order valence-electron chi connectivity index (χ1n) is 6.83. The van der Waals surface area contributed by atoms with Crippen LogP contribution in [-0.4, -0.2) is 54.5 Å². The highest BCUT2D eigenvalue weighted by Crippen LogP contribution is 2.20. The molecular weight excluding hydrogens is 254 g/mol. The first kappa shape index (κ1) is 16.3. The number of likely N-dealkylation sites (N-methyl/N-ethyl adjacent to an activating group) is 1. The Bertz CT molecular complexity index is 458. The molecule has 3 N–H and O–H groups in total. The van der Waals surface area contributed by atoms with Gasteiger partial charge in [-0.2, -0.15) is 0 Å². The van der Waals surface area contributed by atoms with Crippen LogP contribution in [0.1, 0.15) is 24.2 Å². The van der Waals surface area contributed by atoms with E-state index in [0.717, 1.165) is 6.54 Å². The minimum absolute atomic E-state index is 0.0552. The minimum atomic E-state index is -0.131. The fourth-order valence-electron chi connectivity index (χ4n) is 1.94. The van der Waals surface area contributed by atoms with Crippen LogP contribution < -0.4 is 5.73 Å². The summed E-state index contributed by atoms with van der Waals surface area (Å²) in [6.07, 6.45) is 0. The van der Waals surface area contributed by atoms with Gasteiger partial charge in [0, 0.05) is 25.3 Å². The largest absolute Gasteiger partial charge is 0.508 e. The van der Waals surface area contributed by atoms with Crippen molar-refractivity contribution in [2.24, 2.45) is 5.92 Å². The molecule has 0 unspecified atom stereocenters. The molecule has 1 rings (SSSR count). The predicted octanol–water partition coefficient (Wildman–Crippen LogP) is 1.63. The van der Waals surface area contributed by atoms with Gasteiger partial charge in [-0.3, -0.25) is 4.79 Å². The standard InChI is InChI=1S/C15H25N3O2/c1-11(2)10-18(8-7-17(3)4)15(20)13-9-12(19)5-6-14(13)16/h5-6,9,11,19H,7-8,10,16H2,1-4H3. The van der Waals surface area contributed by atoms with Gasteiger partial charge >= 0.3 is 0 Å². The van der Waals surface area contributed by atoms with Crippen molar-refractivity contribution in [1.29, 1.82) is 0 Å². The molecule has 0 spiro atoms. The highest BCUT2D eigenvalue weighted by Gasteiger charge is 2.19. The SMILES string of the molecule is CC(C)CN(CCN(C)C)C(=O)c1cc(O)ccc1N. The van der Waals surface area contributed by atoms with E-state index in [4.69, 9.17) is 5.73 Å². The number of nitrogens with two attached hydrogens (primary N) is 1. The van der Waals surface area contributed by atoms with Gasteiger partial charge in [0.05, 0.1) is 5.56 Å². The molecule has 1 amide bonds. The van der Waals surface area contributed by atoms with Crippen LogP contribution in [-0.2, 0) is 0 Å². The molecule has 5 heteroatoms. The Morgan fingerprint density at radius 1 is 1.30 bits per heavy atom. The average molecular weight is 279 g/mol. The first-order valence-corrected chi connectivity index (χ1v) is 6.83. The smallest absolute Gasteiger partial charge is 0.256 e. The van der Waals surface area contributed by atoms with Crippen molar-refractivity contribution in [3.05, 3.63) is 23.8 Å². The number of hydrogen-bond acceptors (Lipinski definition) is 4. The zero-order chi connectivity index (χ0) is 15.3. The minimum Gasteiger partial charge on any atom is -0.508 e. The average Bonchev–Trinajstić information content (AvgIpc) is 2.36. The van der Waals surface area contributed by atoms with E-state index in [0.29, 0.717) is 30.3 Å². The highest BCUT2D eigenvalue weighted by atomic mass is 16.3. The van der Waals surface area contributed by atoms with E-state index < -0.39 is 0 Å². The molecule has 0 saturated heterocycles. The van der Waals surface area contributed by atoms with Crippen molar-refractivity contribution in [1.82, 2.24) is 9.80 Å². The van der Waals surface area contributed by atoms with Gasteiger partial charge in [0.15, 0.2) is 0 Å². The van der Waals surface area contributed by atoms with Crippen LogP contribution in [0.25, 0.3) is 0 Å². The summed E-state index contributed by atoms with van der Waals surface area (Å²) in [5.41, 5.74) is 6.61. The van der Waals surface area contributed by atoms with Crippen LogP contribution >= 0.6 is 0 Å². The van der Waals surface area contributed by atoms with Crippen molar-refractivity contribution in [2.75, 3.05) is 39.5 Å². The van der Waals surface area contributed by atoms with Crippen LogP contribution in [0.2, 0.25) is 0 Å². The van der Waals surface area contributed by atoms with E-state index in [-0.39, 0.29) is 11.7 Å². The maximum atomic E-state index is 12.6. The van der Waals surface area contributed by atoms with Gasteiger partial charge in [-0.25, -0.2) is 0 Å². The lowest BCUT2D eigenvalue weighted by Gasteiger charge is -2.26. The summed E-state index contributed by atoms with van der Waals surface area (Å²) in [6, 6.07) is 4.47. The molecule has 5 nitrogen and oxygen atoms in total. The lowest BCUT2D eigenvalue weighted by Crippen LogP contribution is -2.39. The molecule has 20 heavy (non-hydrogen) atoms. The Hall–Kier alpha value is -1.75. The fraction of sp³-hybridized carbons (Fsp3) is 0.533. The molecule has 0 heterocycles. The number of nitrogen functional groups attached to an aromatic ring is 1. The quantitative estimate of drug-likeness (QED) is 0.613. The third-order valence-corrected chi connectivity index (χ3v) is 2.96. The number of carbonyl (C=O) groups excluding carboxylic acids is 1. The molecule has 0 bridgehead atoms. The van der Waals surface area contributed by atoms with Crippen molar-refractivity contribution in [2.45, 2.75) is 13.8 Å². The summed E-state index contributed by atoms with van der Waals surface area (Å²) < 4.78 is 0. The van der Waals surface area contributed by atoms with E-state index in [2.05, 4.69) is 13.8 Å². The lowest BCUT2D eigenvalue weighted by molar-refractivity contribution is 0.0725. The number of anilines is 1. The summed E-state index contributed by atoms with van der Waals surface area (Å²) in [7, 11) is 3.95. The van der Waals surface area contributed by atoms with Crippen molar-refractivity contribution in [3.8, 4) is 5.75 Å². The van der Waals surface area contributed by atoms with Gasteiger partial charge in [0.2, 0.25) is 0 Å². The van der Waals surface area contributed by atoms with Gasteiger partial charge < -0.3 is 20.6 Å². The number of aromatic hydroxyl groups is 1. The molecular formula is C15H25N3O2. The first-order chi connectivity index (χ1) is 9.31. The number of carbonyl (C=O) groups is 1. The number of phenolic OH excluding ortho intramolecular Hbond substituents is 1. The number of hydrogen-bond donors (Lipinski definition) is 2. The second-order valence-corrected chi connectivity index (χ2v) is 5.72. The van der Waals surface area contributed by atoms with E-state index in [1.54, 1.807) is 11.0 Å². The fourth-order valence-corrected chi connectivity index (χ4v) is 1.94. The summed E-state index contributed by atoms with van der Waals surface area (Å²) in [4.78, 5) is 16.4. The molecule has 0 aliphatic rings. The molecule has 0 fully saturated rings. The lowest BCUT2D eigenvalue weighted by atomic mass is 10.1. The third-order valence-electron chi connectivity index (χ3n) is 2.96. The van der Waals surface area contributed by atoms with Crippen molar-refractivity contribution in [3.63, 3.8) is 0 Å². The van der Waals surface area contributed by atoms with Crippen LogP contribution in [0.5, 0.6) is 5.75 Å². The summed E-state index contributed by atoms with van der Waals surface area (Å²) >= 11 is 0. The zero-order valence-corrected chi connectivity index (χ0v) is 12.8. The van der Waals surface area contributed by atoms with E-state index in [1.807, 2.05) is 19.0 Å². The molecule has 0 radical (unpaired) electrons. The Labute approximate surface area is 121 Å². The molecule has 0 aliphatic carbocycles. The maximum absolute atomic E-state index is 12.6. The number of benzene rings is 1. The van der Waals surface area contributed by atoms with E-state index in [9.17, 15) is 9.90 Å². The summed E-state index contributed by atoms with van der Waals surface area (Å²) in [5.74, 6) is 0.299. The van der Waals surface area contributed by atoms with Crippen LogP contribution in [0, 0.1) is 5.92 Å². The van der Waals surface area contributed by atoms with Crippen molar-refractivity contribution >= 4 is 11.6 Å². The molecule has 0 saturated carbocycles. The Kier molecular flexibility index (Phi) is 5.82. The van der Waals surface area contributed by atoms with Crippen LogP contribution in [0.15, 0.2) is 18.2 Å². The molecule has 1 aromatic carbocycles. The molecule has 0 aromatic heterocycles. The molecule has 112 valence electrons. The number of rotatable bonds is 6. The van der Waals surface area contributed by atoms with Crippen molar-refractivity contribution < 1.29 is 9.90 Å². The number of amides is 1. The third kappa shape index (κ3) is 4.74. The zero-order valence-electron chi connectivity index (χ0n) is 12.8. The van der Waals surface area contributed by atoms with Crippen LogP contribution in [0.3, 0.4) is 0 Å². The normalized spacial score (nSPS) is 11.1. The van der Waals surface area contributed by atoms with Gasteiger partial charge in [-0.1, -0.05) is 13.8 Å².